The summed E-state index contributed by atoms with van der Waals surface area (Å²) in [5.74, 6) is -0.231. The Balaban J connectivity index is 1.52. The van der Waals surface area contributed by atoms with E-state index in [9.17, 15) is 4.79 Å². The molecule has 4 nitrogen and oxygen atoms in total. The number of rotatable bonds is 5. The second-order valence-electron chi connectivity index (χ2n) is 6.79. The highest BCUT2D eigenvalue weighted by molar-refractivity contribution is 6.31. The summed E-state index contributed by atoms with van der Waals surface area (Å²) in [6.07, 6.45) is 1.72. The van der Waals surface area contributed by atoms with E-state index < -0.39 is 0 Å². The van der Waals surface area contributed by atoms with Crippen molar-refractivity contribution in [2.24, 2.45) is 5.10 Å². The minimum Gasteiger partial charge on any atom is -0.376 e. The topological polar surface area (TPSA) is 53.5 Å². The second kappa shape index (κ2) is 8.33. The van der Waals surface area contributed by atoms with Gasteiger partial charge in [0.25, 0.3) is 5.91 Å². The van der Waals surface area contributed by atoms with Crippen molar-refractivity contribution in [1.29, 1.82) is 0 Å². The average Bonchev–Trinajstić information content (AvgIpc) is 2.74. The summed E-state index contributed by atoms with van der Waals surface area (Å²) in [4.78, 5) is 12.2. The number of nitrogens with zero attached hydrogens (tertiary/aromatic N) is 1. The summed E-state index contributed by atoms with van der Waals surface area (Å²) in [5.41, 5.74) is 5.32. The number of hydrazone groups is 1. The van der Waals surface area contributed by atoms with Gasteiger partial charge in [-0.15, -0.1) is 0 Å². The van der Waals surface area contributed by atoms with Crippen molar-refractivity contribution in [2.75, 3.05) is 11.9 Å². The molecule has 4 aromatic rings. The lowest BCUT2D eigenvalue weighted by molar-refractivity contribution is -0.119. The minimum atomic E-state index is -0.231. The van der Waals surface area contributed by atoms with Gasteiger partial charge in [0.1, 0.15) is 0 Å². The molecule has 1 amide bonds. The van der Waals surface area contributed by atoms with Gasteiger partial charge in [0.05, 0.1) is 12.8 Å². The van der Waals surface area contributed by atoms with Gasteiger partial charge >= 0.3 is 0 Å². The van der Waals surface area contributed by atoms with Crippen LogP contribution in [0.3, 0.4) is 0 Å². The van der Waals surface area contributed by atoms with Crippen LogP contribution in [0.4, 0.5) is 5.69 Å². The molecule has 0 heterocycles. The largest absolute Gasteiger partial charge is 0.376 e. The summed E-state index contributed by atoms with van der Waals surface area (Å²) in [6, 6.07) is 24.0. The van der Waals surface area contributed by atoms with Crippen molar-refractivity contribution in [3.8, 4) is 0 Å². The van der Waals surface area contributed by atoms with Gasteiger partial charge in [-0.25, -0.2) is 5.43 Å². The summed E-state index contributed by atoms with van der Waals surface area (Å²) < 4.78 is 0. The van der Waals surface area contributed by atoms with Crippen LogP contribution in [-0.2, 0) is 4.79 Å². The maximum atomic E-state index is 12.2. The lowest BCUT2D eigenvalue weighted by atomic mass is 9.97. The van der Waals surface area contributed by atoms with Gasteiger partial charge in [-0.2, -0.15) is 5.10 Å². The molecule has 29 heavy (non-hydrogen) atoms. The maximum Gasteiger partial charge on any atom is 0.259 e. The van der Waals surface area contributed by atoms with Crippen LogP contribution in [-0.4, -0.2) is 18.7 Å². The molecule has 0 saturated heterocycles. The SMILES string of the molecule is Cc1c(Cl)cccc1NCC(=O)N/N=C/c1c2ccccc2cc2ccccc12. The van der Waals surface area contributed by atoms with Crippen molar-refractivity contribution in [3.05, 3.63) is 88.9 Å². The Morgan fingerprint density at radius 1 is 0.966 bits per heavy atom. The molecule has 0 aliphatic rings. The molecule has 4 rings (SSSR count). The van der Waals surface area contributed by atoms with Gasteiger partial charge in [0.15, 0.2) is 0 Å². The summed E-state index contributed by atoms with van der Waals surface area (Å²) in [5, 5.41) is 12.4. The van der Waals surface area contributed by atoms with Gasteiger partial charge in [0, 0.05) is 16.3 Å². The van der Waals surface area contributed by atoms with E-state index in [2.05, 4.69) is 46.2 Å². The van der Waals surface area contributed by atoms with Crippen LogP contribution in [0, 0.1) is 6.92 Å². The van der Waals surface area contributed by atoms with Crippen molar-refractivity contribution in [3.63, 3.8) is 0 Å². The number of anilines is 1. The molecular formula is C24H20ClN3O. The zero-order valence-electron chi connectivity index (χ0n) is 15.9. The Morgan fingerprint density at radius 2 is 1.62 bits per heavy atom. The molecule has 0 aromatic heterocycles. The first-order valence-electron chi connectivity index (χ1n) is 9.35. The second-order valence-corrected chi connectivity index (χ2v) is 7.20. The van der Waals surface area contributed by atoms with Gasteiger partial charge in [-0.3, -0.25) is 4.79 Å². The number of amides is 1. The number of benzene rings is 4. The number of hydrogen-bond donors (Lipinski definition) is 2. The summed E-state index contributed by atoms with van der Waals surface area (Å²) >= 11 is 6.11. The third-order valence-electron chi connectivity index (χ3n) is 4.90. The third kappa shape index (κ3) is 4.08. The highest BCUT2D eigenvalue weighted by Crippen LogP contribution is 2.27. The molecular weight excluding hydrogens is 382 g/mol. The molecule has 0 unspecified atom stereocenters. The smallest absolute Gasteiger partial charge is 0.259 e. The molecule has 0 radical (unpaired) electrons. The Bertz CT molecular complexity index is 1180. The highest BCUT2D eigenvalue weighted by atomic mass is 35.5. The number of carbonyl (C=O) groups excluding carboxylic acids is 1. The first-order valence-corrected chi connectivity index (χ1v) is 9.72. The number of halogens is 1. The molecule has 0 fully saturated rings. The Labute approximate surface area is 174 Å². The Hall–Kier alpha value is -3.37. The van der Waals surface area contributed by atoms with E-state index in [-0.39, 0.29) is 12.5 Å². The van der Waals surface area contributed by atoms with Crippen LogP contribution in [0.5, 0.6) is 0 Å². The van der Waals surface area contributed by atoms with E-state index >= 15 is 0 Å². The molecule has 4 aromatic carbocycles. The average molecular weight is 402 g/mol. The molecule has 2 N–H and O–H groups in total. The first-order chi connectivity index (χ1) is 14.1. The fourth-order valence-electron chi connectivity index (χ4n) is 3.37. The fraction of sp³-hybridized carbons (Fsp3) is 0.0833. The van der Waals surface area contributed by atoms with Crippen molar-refractivity contribution in [2.45, 2.75) is 6.92 Å². The van der Waals surface area contributed by atoms with Crippen molar-refractivity contribution < 1.29 is 4.79 Å². The molecule has 0 aliphatic heterocycles. The van der Waals surface area contributed by atoms with Gasteiger partial charge in [-0.1, -0.05) is 66.2 Å². The lowest BCUT2D eigenvalue weighted by Crippen LogP contribution is -2.26. The minimum absolute atomic E-state index is 0.106. The third-order valence-corrected chi connectivity index (χ3v) is 5.31. The zero-order valence-corrected chi connectivity index (χ0v) is 16.7. The van der Waals surface area contributed by atoms with E-state index in [1.54, 1.807) is 6.21 Å². The number of hydrogen-bond acceptors (Lipinski definition) is 3. The predicted octanol–water partition coefficient (Wildman–Crippen LogP) is 5.52. The van der Waals surface area contributed by atoms with E-state index in [1.807, 2.05) is 49.4 Å². The quantitative estimate of drug-likeness (QED) is 0.263. The monoisotopic (exact) mass is 401 g/mol. The zero-order chi connectivity index (χ0) is 20.2. The van der Waals surface area contributed by atoms with Gasteiger partial charge < -0.3 is 5.32 Å². The molecule has 5 heteroatoms. The van der Waals surface area contributed by atoms with Gasteiger partial charge in [-0.05, 0) is 52.2 Å². The van der Waals surface area contributed by atoms with Crippen molar-refractivity contribution in [1.82, 2.24) is 5.43 Å². The van der Waals surface area contributed by atoms with E-state index in [4.69, 9.17) is 11.6 Å². The standard InChI is InChI=1S/C24H20ClN3O/c1-16-22(25)11-6-12-23(16)26-15-24(29)28-27-14-21-19-9-4-2-7-17(19)13-18-8-3-5-10-20(18)21/h2-14,26H,15H2,1H3,(H,28,29)/b27-14+. The van der Waals surface area contributed by atoms with Crippen LogP contribution in [0.1, 0.15) is 11.1 Å². The Morgan fingerprint density at radius 3 is 2.31 bits per heavy atom. The molecule has 0 bridgehead atoms. The predicted molar refractivity (Wildman–Crippen MR) is 122 cm³/mol. The molecule has 0 atom stereocenters. The van der Waals surface area contributed by atoms with E-state index in [0.717, 1.165) is 38.4 Å². The van der Waals surface area contributed by atoms with Crippen LogP contribution in [0.15, 0.2) is 77.9 Å². The first kappa shape index (κ1) is 19.0. The molecule has 0 spiro atoms. The van der Waals surface area contributed by atoms with Gasteiger partial charge in [0.2, 0.25) is 0 Å². The summed E-state index contributed by atoms with van der Waals surface area (Å²) in [7, 11) is 0. The molecule has 144 valence electrons. The van der Waals surface area contributed by atoms with Crippen LogP contribution >= 0.6 is 11.6 Å². The molecule has 0 saturated carbocycles. The normalized spacial score (nSPS) is 11.2. The maximum absolute atomic E-state index is 12.2. The summed E-state index contributed by atoms with van der Waals surface area (Å²) in [6.45, 7) is 2.02. The van der Waals surface area contributed by atoms with Crippen LogP contribution < -0.4 is 10.7 Å². The van der Waals surface area contributed by atoms with Crippen LogP contribution in [0.25, 0.3) is 21.5 Å². The van der Waals surface area contributed by atoms with E-state index in [1.165, 1.54) is 0 Å². The Kier molecular flexibility index (Phi) is 5.45. The van der Waals surface area contributed by atoms with Crippen molar-refractivity contribution >= 4 is 51.0 Å². The molecule has 0 aliphatic carbocycles. The lowest BCUT2D eigenvalue weighted by Gasteiger charge is -2.10. The van der Waals surface area contributed by atoms with E-state index in [0.29, 0.717) is 5.02 Å². The number of carbonyl (C=O) groups is 1. The fourth-order valence-corrected chi connectivity index (χ4v) is 3.55. The van der Waals surface area contributed by atoms with Crippen LogP contribution in [0.2, 0.25) is 5.02 Å². The number of fused-ring (bicyclic) bond motifs is 2. The highest BCUT2D eigenvalue weighted by Gasteiger charge is 2.07. The number of nitrogens with one attached hydrogen (secondary N) is 2.